The molecule has 4 nitrogen and oxygen atoms in total. The predicted molar refractivity (Wildman–Crippen MR) is 55.6 cm³/mol. The van der Waals surface area contributed by atoms with Gasteiger partial charge in [-0.15, -0.1) is 0 Å². The highest BCUT2D eigenvalue weighted by atomic mass is 16.5. The standard InChI is InChI=1S/C11H12NO3/c1-14-10-4-2-9(3-5-10)12-6-7-15-8-11(12)13/h2-5H,1,6-8H2. The van der Waals surface area contributed by atoms with Crippen LogP contribution in [0.25, 0.3) is 0 Å². The summed E-state index contributed by atoms with van der Waals surface area (Å²) >= 11 is 0. The topological polar surface area (TPSA) is 38.8 Å². The zero-order valence-electron chi connectivity index (χ0n) is 8.31. The third-order valence-corrected chi connectivity index (χ3v) is 2.30. The number of morpholine rings is 1. The summed E-state index contributed by atoms with van der Waals surface area (Å²) in [6.45, 7) is 1.34. The van der Waals surface area contributed by atoms with Crippen molar-refractivity contribution in [1.29, 1.82) is 0 Å². The van der Waals surface area contributed by atoms with Crippen LogP contribution in [0.3, 0.4) is 0 Å². The molecule has 0 atom stereocenters. The molecule has 1 aliphatic rings. The van der Waals surface area contributed by atoms with Gasteiger partial charge in [-0.05, 0) is 24.3 Å². The van der Waals surface area contributed by atoms with E-state index < -0.39 is 0 Å². The molecule has 1 fully saturated rings. The third kappa shape index (κ3) is 2.10. The molecule has 0 aliphatic carbocycles. The first kappa shape index (κ1) is 9.98. The number of ether oxygens (including phenoxy) is 2. The molecule has 1 aromatic carbocycles. The summed E-state index contributed by atoms with van der Waals surface area (Å²) in [5, 5.41) is 0. The second kappa shape index (κ2) is 4.31. The number of hydrogen-bond donors (Lipinski definition) is 0. The van der Waals surface area contributed by atoms with Crippen molar-refractivity contribution >= 4 is 11.6 Å². The minimum atomic E-state index is -0.00968. The second-order valence-electron chi connectivity index (χ2n) is 3.24. The Kier molecular flexibility index (Phi) is 2.87. The van der Waals surface area contributed by atoms with E-state index in [0.29, 0.717) is 18.9 Å². The summed E-state index contributed by atoms with van der Waals surface area (Å²) in [4.78, 5) is 13.2. The molecule has 1 radical (unpaired) electrons. The SMILES string of the molecule is [CH2]Oc1ccc(N2CCOCC2=O)cc1. The highest BCUT2D eigenvalue weighted by Gasteiger charge is 2.19. The average molecular weight is 206 g/mol. The maximum atomic E-state index is 11.5. The van der Waals surface area contributed by atoms with E-state index in [1.165, 1.54) is 0 Å². The number of carbonyl (C=O) groups excluding carboxylic acids is 1. The molecule has 0 spiro atoms. The quantitative estimate of drug-likeness (QED) is 0.730. The van der Waals surface area contributed by atoms with E-state index in [4.69, 9.17) is 9.47 Å². The first-order valence-corrected chi connectivity index (χ1v) is 4.71. The largest absolute Gasteiger partial charge is 0.490 e. The van der Waals surface area contributed by atoms with Gasteiger partial charge in [-0.3, -0.25) is 4.79 Å². The molecule has 0 N–H and O–H groups in total. The number of anilines is 1. The number of carbonyl (C=O) groups is 1. The van der Waals surface area contributed by atoms with E-state index in [2.05, 4.69) is 7.11 Å². The highest BCUT2D eigenvalue weighted by molar-refractivity contribution is 5.94. The highest BCUT2D eigenvalue weighted by Crippen LogP contribution is 2.20. The summed E-state index contributed by atoms with van der Waals surface area (Å²) in [5.41, 5.74) is 0.865. The van der Waals surface area contributed by atoms with Gasteiger partial charge in [-0.25, -0.2) is 0 Å². The Morgan fingerprint density at radius 1 is 1.33 bits per heavy atom. The first-order valence-electron chi connectivity index (χ1n) is 4.71. The van der Waals surface area contributed by atoms with Crippen molar-refractivity contribution in [1.82, 2.24) is 0 Å². The maximum Gasteiger partial charge on any atom is 0.253 e. The molecule has 1 aliphatic heterocycles. The van der Waals surface area contributed by atoms with E-state index in [-0.39, 0.29) is 12.5 Å². The lowest BCUT2D eigenvalue weighted by molar-refractivity contribution is -0.125. The Morgan fingerprint density at radius 2 is 2.07 bits per heavy atom. The van der Waals surface area contributed by atoms with Crippen molar-refractivity contribution in [2.45, 2.75) is 0 Å². The van der Waals surface area contributed by atoms with Crippen LogP contribution in [0.5, 0.6) is 5.75 Å². The van der Waals surface area contributed by atoms with E-state index in [0.717, 1.165) is 5.69 Å². The van der Waals surface area contributed by atoms with Gasteiger partial charge in [-0.2, -0.15) is 0 Å². The van der Waals surface area contributed by atoms with Crippen molar-refractivity contribution in [3.8, 4) is 5.75 Å². The van der Waals surface area contributed by atoms with E-state index in [9.17, 15) is 4.79 Å². The molecule has 1 saturated heterocycles. The van der Waals surface area contributed by atoms with Crippen LogP contribution >= 0.6 is 0 Å². The number of benzene rings is 1. The normalized spacial score (nSPS) is 16.6. The van der Waals surface area contributed by atoms with Gasteiger partial charge in [0.15, 0.2) is 0 Å². The van der Waals surface area contributed by atoms with Crippen molar-refractivity contribution in [3.05, 3.63) is 31.4 Å². The Bertz CT molecular complexity index is 347. The van der Waals surface area contributed by atoms with Crippen LogP contribution < -0.4 is 9.64 Å². The van der Waals surface area contributed by atoms with Crippen LogP contribution in [-0.2, 0) is 9.53 Å². The van der Waals surface area contributed by atoms with E-state index >= 15 is 0 Å². The van der Waals surface area contributed by atoms with Gasteiger partial charge in [0, 0.05) is 12.2 Å². The molecular weight excluding hydrogens is 194 g/mol. The third-order valence-electron chi connectivity index (χ3n) is 2.30. The fraction of sp³-hybridized carbons (Fsp3) is 0.273. The summed E-state index contributed by atoms with van der Waals surface area (Å²) in [5.74, 6) is 0.670. The minimum Gasteiger partial charge on any atom is -0.490 e. The Morgan fingerprint density at radius 3 is 2.67 bits per heavy atom. The average Bonchev–Trinajstić information content (AvgIpc) is 2.30. The van der Waals surface area contributed by atoms with Crippen LogP contribution in [0.4, 0.5) is 5.69 Å². The molecule has 15 heavy (non-hydrogen) atoms. The van der Waals surface area contributed by atoms with Crippen LogP contribution in [0, 0.1) is 7.11 Å². The Balaban J connectivity index is 2.17. The van der Waals surface area contributed by atoms with Crippen molar-refractivity contribution in [2.75, 3.05) is 24.7 Å². The van der Waals surface area contributed by atoms with Gasteiger partial charge in [-0.1, -0.05) is 0 Å². The summed E-state index contributed by atoms with van der Waals surface area (Å²) < 4.78 is 9.86. The first-order chi connectivity index (χ1) is 7.31. The minimum absolute atomic E-state index is 0.00968. The maximum absolute atomic E-state index is 11.5. The lowest BCUT2D eigenvalue weighted by Crippen LogP contribution is -2.41. The lowest BCUT2D eigenvalue weighted by Gasteiger charge is -2.26. The second-order valence-corrected chi connectivity index (χ2v) is 3.24. The van der Waals surface area contributed by atoms with Gasteiger partial charge in [0.05, 0.1) is 6.61 Å². The molecule has 2 rings (SSSR count). The number of nitrogens with zero attached hydrogens (tertiary/aromatic N) is 1. The fourth-order valence-corrected chi connectivity index (χ4v) is 1.51. The van der Waals surface area contributed by atoms with Crippen LogP contribution in [0.1, 0.15) is 0 Å². The lowest BCUT2D eigenvalue weighted by atomic mass is 10.2. The molecule has 0 unspecified atom stereocenters. The molecule has 1 aromatic rings. The van der Waals surface area contributed by atoms with Crippen molar-refractivity contribution < 1.29 is 14.3 Å². The van der Waals surface area contributed by atoms with E-state index in [1.54, 1.807) is 17.0 Å². The number of rotatable bonds is 2. The number of hydrogen-bond acceptors (Lipinski definition) is 3. The molecule has 79 valence electrons. The van der Waals surface area contributed by atoms with Gasteiger partial charge in [0.1, 0.15) is 19.5 Å². The van der Waals surface area contributed by atoms with Crippen LogP contribution in [-0.4, -0.2) is 25.7 Å². The van der Waals surface area contributed by atoms with Gasteiger partial charge >= 0.3 is 0 Å². The zero-order valence-corrected chi connectivity index (χ0v) is 8.31. The molecule has 0 bridgehead atoms. The van der Waals surface area contributed by atoms with Gasteiger partial charge < -0.3 is 14.4 Å². The predicted octanol–water partition coefficient (Wildman–Crippen LogP) is 1.22. The summed E-state index contributed by atoms with van der Waals surface area (Å²) in [6.07, 6.45) is 0. The molecule has 1 heterocycles. The van der Waals surface area contributed by atoms with Crippen LogP contribution in [0.2, 0.25) is 0 Å². The summed E-state index contributed by atoms with van der Waals surface area (Å²) in [7, 11) is 3.31. The van der Waals surface area contributed by atoms with Crippen molar-refractivity contribution in [2.24, 2.45) is 0 Å². The van der Waals surface area contributed by atoms with Gasteiger partial charge in [0.25, 0.3) is 5.91 Å². The Labute approximate surface area is 88.4 Å². The van der Waals surface area contributed by atoms with E-state index in [1.807, 2.05) is 12.1 Å². The molecular formula is C11H12NO3. The Hall–Kier alpha value is -1.55. The molecule has 4 heteroatoms. The molecule has 0 saturated carbocycles. The zero-order chi connectivity index (χ0) is 10.7. The van der Waals surface area contributed by atoms with Crippen LogP contribution in [0.15, 0.2) is 24.3 Å². The smallest absolute Gasteiger partial charge is 0.253 e. The molecule has 1 amide bonds. The molecule has 0 aromatic heterocycles. The monoisotopic (exact) mass is 206 g/mol. The van der Waals surface area contributed by atoms with Gasteiger partial charge in [0.2, 0.25) is 0 Å². The van der Waals surface area contributed by atoms with Crippen molar-refractivity contribution in [3.63, 3.8) is 0 Å². The summed E-state index contributed by atoms with van der Waals surface area (Å²) in [6, 6.07) is 7.24. The number of amides is 1. The fourth-order valence-electron chi connectivity index (χ4n) is 1.51.